The summed E-state index contributed by atoms with van der Waals surface area (Å²) in [7, 11) is 0. The number of benzene rings is 8. The van der Waals surface area contributed by atoms with E-state index in [2.05, 4.69) is 170 Å². The summed E-state index contributed by atoms with van der Waals surface area (Å²) in [6, 6.07) is 62.8. The van der Waals surface area contributed by atoms with Gasteiger partial charge in [0.05, 0.1) is 11.1 Å². The molecule has 1 unspecified atom stereocenters. The van der Waals surface area contributed by atoms with Crippen molar-refractivity contribution < 1.29 is 0 Å². The zero-order valence-corrected chi connectivity index (χ0v) is 26.7. The smallest absolute Gasteiger partial charge is 0.0753 e. The molecule has 1 atom stereocenters. The van der Waals surface area contributed by atoms with Crippen LogP contribution in [0.2, 0.25) is 0 Å². The lowest BCUT2D eigenvalue weighted by atomic mass is 9.61. The summed E-state index contributed by atoms with van der Waals surface area (Å²) in [5.74, 6) is 0. The highest BCUT2D eigenvalue weighted by atomic mass is 14.7. The molecule has 1 heterocycles. The van der Waals surface area contributed by atoms with E-state index in [1.54, 1.807) is 0 Å². The number of hydrogen-bond donors (Lipinski definition) is 0. The lowest BCUT2D eigenvalue weighted by Crippen LogP contribution is -2.31. The fourth-order valence-corrected chi connectivity index (χ4v) is 9.29. The average Bonchev–Trinajstić information content (AvgIpc) is 3.46. The van der Waals surface area contributed by atoms with Crippen LogP contribution in [0.3, 0.4) is 0 Å². The predicted octanol–water partition coefficient (Wildman–Crippen LogP) is 12.2. The first-order valence-corrected chi connectivity index (χ1v) is 17.1. The Morgan fingerprint density at radius 1 is 0.367 bits per heavy atom. The lowest BCUT2D eigenvalue weighted by molar-refractivity contribution is 0.771. The van der Waals surface area contributed by atoms with E-state index in [4.69, 9.17) is 4.98 Å². The minimum atomic E-state index is -0.469. The van der Waals surface area contributed by atoms with Gasteiger partial charge in [-0.15, -0.1) is 0 Å². The van der Waals surface area contributed by atoms with E-state index < -0.39 is 5.41 Å². The summed E-state index contributed by atoms with van der Waals surface area (Å²) in [6.45, 7) is 0. The molecule has 0 aliphatic heterocycles. The van der Waals surface area contributed by atoms with Gasteiger partial charge in [0.1, 0.15) is 0 Å². The Kier molecular flexibility index (Phi) is 5.38. The molecule has 0 fully saturated rings. The van der Waals surface area contributed by atoms with Crippen molar-refractivity contribution in [1.29, 1.82) is 0 Å². The maximum absolute atomic E-state index is 5.16. The summed E-state index contributed by atoms with van der Waals surface area (Å²) in [6.07, 6.45) is 1.96. The first-order valence-electron chi connectivity index (χ1n) is 17.1. The van der Waals surface area contributed by atoms with Crippen LogP contribution in [0.25, 0.3) is 77.0 Å². The third-order valence-electron chi connectivity index (χ3n) is 11.1. The number of aromatic nitrogens is 1. The lowest BCUT2D eigenvalue weighted by Gasteiger charge is -2.39. The number of hydrogen-bond acceptors (Lipinski definition) is 1. The van der Waals surface area contributed by atoms with Crippen LogP contribution in [0.4, 0.5) is 0 Å². The van der Waals surface area contributed by atoms with Crippen molar-refractivity contribution in [3.05, 3.63) is 198 Å². The van der Waals surface area contributed by atoms with Gasteiger partial charge in [0.25, 0.3) is 0 Å². The van der Waals surface area contributed by atoms with Crippen LogP contribution in [0, 0.1) is 0 Å². The van der Waals surface area contributed by atoms with E-state index in [-0.39, 0.29) is 0 Å². The van der Waals surface area contributed by atoms with Crippen LogP contribution in [0.1, 0.15) is 22.3 Å². The largest absolute Gasteiger partial charge is 0.256 e. The fourth-order valence-electron chi connectivity index (χ4n) is 9.29. The van der Waals surface area contributed by atoms with E-state index >= 15 is 0 Å². The van der Waals surface area contributed by atoms with Gasteiger partial charge in [0.2, 0.25) is 0 Å². The zero-order chi connectivity index (χ0) is 32.1. The van der Waals surface area contributed by atoms with E-state index in [0.717, 1.165) is 5.69 Å². The van der Waals surface area contributed by atoms with Crippen LogP contribution in [0.15, 0.2) is 176 Å². The van der Waals surface area contributed by atoms with E-state index in [9.17, 15) is 0 Å². The van der Waals surface area contributed by atoms with Crippen LogP contribution in [-0.2, 0) is 5.41 Å². The molecule has 8 aromatic carbocycles. The van der Waals surface area contributed by atoms with Crippen LogP contribution in [-0.4, -0.2) is 4.98 Å². The van der Waals surface area contributed by atoms with Crippen molar-refractivity contribution in [2.75, 3.05) is 0 Å². The van der Waals surface area contributed by atoms with Crippen molar-refractivity contribution in [2.45, 2.75) is 5.41 Å². The van der Waals surface area contributed by atoms with Crippen LogP contribution >= 0.6 is 0 Å². The molecular weight excluding hydrogens is 591 g/mol. The van der Waals surface area contributed by atoms with E-state index in [0.29, 0.717) is 0 Å². The van der Waals surface area contributed by atoms with Gasteiger partial charge in [-0.2, -0.15) is 0 Å². The van der Waals surface area contributed by atoms with Crippen LogP contribution < -0.4 is 0 Å². The average molecular weight is 620 g/mol. The van der Waals surface area contributed by atoms with Gasteiger partial charge in [-0.3, -0.25) is 4.98 Å². The molecule has 0 saturated carbocycles. The van der Waals surface area contributed by atoms with Gasteiger partial charge >= 0.3 is 0 Å². The van der Waals surface area contributed by atoms with Gasteiger partial charge in [-0.05, 0) is 100 Å². The summed E-state index contributed by atoms with van der Waals surface area (Å²) >= 11 is 0. The second-order valence-electron chi connectivity index (χ2n) is 13.4. The number of nitrogens with zero attached hydrogens (tertiary/aromatic N) is 1. The summed E-state index contributed by atoms with van der Waals surface area (Å²) in [5, 5.41) is 7.66. The highest BCUT2D eigenvalue weighted by Gasteiger charge is 2.50. The number of rotatable bonds is 2. The minimum Gasteiger partial charge on any atom is -0.256 e. The Balaban J connectivity index is 1.25. The molecule has 1 aromatic heterocycles. The quantitative estimate of drug-likeness (QED) is 0.175. The van der Waals surface area contributed by atoms with Crippen molar-refractivity contribution in [3.8, 4) is 44.6 Å². The Morgan fingerprint density at radius 3 is 1.69 bits per heavy atom. The highest BCUT2D eigenvalue weighted by Crippen LogP contribution is 2.61. The minimum absolute atomic E-state index is 0.469. The number of fused-ring (bicyclic) bond motifs is 11. The van der Waals surface area contributed by atoms with Gasteiger partial charge in [0.15, 0.2) is 0 Å². The molecule has 226 valence electrons. The summed E-state index contributed by atoms with van der Waals surface area (Å²) < 4.78 is 0. The normalized spacial score (nSPS) is 15.4. The molecule has 0 saturated heterocycles. The molecule has 11 rings (SSSR count). The van der Waals surface area contributed by atoms with Gasteiger partial charge in [0, 0.05) is 11.8 Å². The van der Waals surface area contributed by atoms with Crippen molar-refractivity contribution in [3.63, 3.8) is 0 Å². The van der Waals surface area contributed by atoms with Gasteiger partial charge < -0.3 is 0 Å². The monoisotopic (exact) mass is 619 g/mol. The molecule has 9 aromatic rings. The predicted molar refractivity (Wildman–Crippen MR) is 204 cm³/mol. The van der Waals surface area contributed by atoms with Crippen molar-refractivity contribution in [1.82, 2.24) is 4.98 Å². The second-order valence-corrected chi connectivity index (χ2v) is 13.4. The van der Waals surface area contributed by atoms with Crippen molar-refractivity contribution in [2.24, 2.45) is 0 Å². The molecule has 0 radical (unpaired) electrons. The number of pyridine rings is 1. The first kappa shape index (κ1) is 26.7. The Labute approximate surface area is 284 Å². The SMILES string of the molecule is c1ccc(-c2c3ccccc3c(-c3ccc4c(c3)-c3ncccc3C43c4ccccc4-c4cccc5cccc3c45)c3ccccc23)cc1. The molecule has 1 heteroatoms. The maximum Gasteiger partial charge on any atom is 0.0753 e. The maximum atomic E-state index is 5.16. The summed E-state index contributed by atoms with van der Waals surface area (Å²) in [4.78, 5) is 5.16. The van der Waals surface area contributed by atoms with Gasteiger partial charge in [-0.25, -0.2) is 0 Å². The molecule has 1 nitrogen and oxygen atoms in total. The zero-order valence-electron chi connectivity index (χ0n) is 26.7. The molecule has 2 aliphatic carbocycles. The fraction of sp³-hybridized carbons (Fsp3) is 0.0208. The van der Waals surface area contributed by atoms with E-state index in [1.807, 2.05) is 6.20 Å². The Bertz CT molecular complexity index is 2770. The molecule has 0 bridgehead atoms. The molecule has 2 aliphatic rings. The standard InChI is InChI=1S/C48H29N/c1-2-13-30(14-3-1)44-35-18-4-6-20-37(35)45(38-21-7-5-19-36(38)44)32-26-27-41-39(29-32)47-43(25-12-28-49-47)48(41)40-23-9-8-17-33(40)34-22-10-15-31-16-11-24-42(48)46(31)34/h1-29H. The van der Waals surface area contributed by atoms with Crippen LogP contribution in [0.5, 0.6) is 0 Å². The molecule has 1 spiro atoms. The highest BCUT2D eigenvalue weighted by molar-refractivity contribution is 6.21. The first-order chi connectivity index (χ1) is 24.3. The molecule has 0 amide bonds. The Hall–Kier alpha value is -6.31. The molecule has 49 heavy (non-hydrogen) atoms. The molecular formula is C48H29N. The second kappa shape index (κ2) is 9.86. The third kappa shape index (κ3) is 3.41. The third-order valence-corrected chi connectivity index (χ3v) is 11.1. The van der Waals surface area contributed by atoms with E-state index in [1.165, 1.54) is 93.5 Å². The molecule has 0 N–H and O–H groups in total. The topological polar surface area (TPSA) is 12.9 Å². The Morgan fingerprint density at radius 2 is 0.939 bits per heavy atom. The summed E-state index contributed by atoms with van der Waals surface area (Å²) in [5.41, 5.74) is 14.6. The van der Waals surface area contributed by atoms with Crippen molar-refractivity contribution >= 4 is 32.3 Å². The van der Waals surface area contributed by atoms with Gasteiger partial charge in [-0.1, -0.05) is 158 Å².